The Labute approximate surface area is 110 Å². The van der Waals surface area contributed by atoms with Crippen LogP contribution in [0.2, 0.25) is 0 Å². The second-order valence-corrected chi connectivity index (χ2v) is 4.46. The van der Waals surface area contributed by atoms with E-state index in [0.717, 1.165) is 22.7 Å². The Morgan fingerprint density at radius 1 is 1.21 bits per heavy atom. The fourth-order valence-corrected chi connectivity index (χ4v) is 1.89. The van der Waals surface area contributed by atoms with E-state index in [1.54, 1.807) is 0 Å². The Balaban J connectivity index is 1.79. The predicted octanol–water partition coefficient (Wildman–Crippen LogP) is 1.09. The fourth-order valence-electron chi connectivity index (χ4n) is 1.89. The minimum absolute atomic E-state index is 0.686. The molecular formula is C12H15N7. The number of aryl methyl sites for hydroxylation is 2. The minimum Gasteiger partial charge on any atom is -0.364 e. The molecule has 98 valence electrons. The highest BCUT2D eigenvalue weighted by Crippen LogP contribution is 2.10. The van der Waals surface area contributed by atoms with Gasteiger partial charge in [0.2, 0.25) is 0 Å². The second-order valence-electron chi connectivity index (χ2n) is 4.46. The molecule has 0 amide bonds. The number of rotatable bonds is 3. The van der Waals surface area contributed by atoms with Crippen LogP contribution in [0.5, 0.6) is 0 Å². The van der Waals surface area contributed by atoms with Gasteiger partial charge in [0.15, 0.2) is 5.65 Å². The molecule has 1 N–H and O–H groups in total. The van der Waals surface area contributed by atoms with Crippen LogP contribution in [0.15, 0.2) is 18.3 Å². The maximum Gasteiger partial charge on any atom is 0.176 e. The summed E-state index contributed by atoms with van der Waals surface area (Å²) in [6.07, 6.45) is 1.86. The van der Waals surface area contributed by atoms with Crippen molar-refractivity contribution in [3.8, 4) is 0 Å². The van der Waals surface area contributed by atoms with Crippen molar-refractivity contribution in [2.75, 3.05) is 5.32 Å². The van der Waals surface area contributed by atoms with Crippen molar-refractivity contribution in [1.29, 1.82) is 0 Å². The van der Waals surface area contributed by atoms with Crippen molar-refractivity contribution >= 4 is 11.5 Å². The molecular weight excluding hydrogens is 242 g/mol. The SMILES string of the molecule is Cc1nc2ccc(NCc3cnn(C)c3C)nn2n1. The van der Waals surface area contributed by atoms with Crippen LogP contribution >= 0.6 is 0 Å². The van der Waals surface area contributed by atoms with E-state index < -0.39 is 0 Å². The number of hydrogen-bond acceptors (Lipinski definition) is 5. The summed E-state index contributed by atoms with van der Waals surface area (Å²) in [5, 5.41) is 16.0. The smallest absolute Gasteiger partial charge is 0.176 e. The molecule has 0 atom stereocenters. The molecule has 0 radical (unpaired) electrons. The van der Waals surface area contributed by atoms with Gasteiger partial charge in [-0.25, -0.2) is 4.98 Å². The van der Waals surface area contributed by atoms with Gasteiger partial charge in [0.05, 0.1) is 6.20 Å². The van der Waals surface area contributed by atoms with Gasteiger partial charge in [-0.2, -0.15) is 5.10 Å². The third-order valence-electron chi connectivity index (χ3n) is 3.11. The van der Waals surface area contributed by atoms with Gasteiger partial charge in [-0.1, -0.05) is 0 Å². The zero-order valence-electron chi connectivity index (χ0n) is 11.1. The molecule has 0 aliphatic heterocycles. The lowest BCUT2D eigenvalue weighted by Crippen LogP contribution is -2.05. The Bertz CT molecular complexity index is 725. The summed E-state index contributed by atoms with van der Waals surface area (Å²) >= 11 is 0. The summed E-state index contributed by atoms with van der Waals surface area (Å²) in [5.41, 5.74) is 3.05. The highest BCUT2D eigenvalue weighted by atomic mass is 15.5. The van der Waals surface area contributed by atoms with Crippen molar-refractivity contribution < 1.29 is 0 Å². The van der Waals surface area contributed by atoms with Crippen molar-refractivity contribution in [2.45, 2.75) is 20.4 Å². The van der Waals surface area contributed by atoms with Crippen molar-refractivity contribution in [3.63, 3.8) is 0 Å². The molecule has 19 heavy (non-hydrogen) atoms. The quantitative estimate of drug-likeness (QED) is 0.760. The molecule has 0 saturated carbocycles. The van der Waals surface area contributed by atoms with Gasteiger partial charge >= 0.3 is 0 Å². The fraction of sp³-hybridized carbons (Fsp3) is 0.333. The Morgan fingerprint density at radius 3 is 2.79 bits per heavy atom. The molecule has 3 aromatic rings. The maximum atomic E-state index is 4.35. The van der Waals surface area contributed by atoms with Crippen LogP contribution in [-0.4, -0.2) is 29.6 Å². The van der Waals surface area contributed by atoms with Crippen LogP contribution in [0.25, 0.3) is 5.65 Å². The number of anilines is 1. The molecule has 0 spiro atoms. The summed E-state index contributed by atoms with van der Waals surface area (Å²) in [6, 6.07) is 3.79. The Kier molecular flexibility index (Phi) is 2.66. The first-order valence-electron chi connectivity index (χ1n) is 6.05. The first-order valence-corrected chi connectivity index (χ1v) is 6.05. The van der Waals surface area contributed by atoms with Gasteiger partial charge in [-0.3, -0.25) is 4.68 Å². The summed E-state index contributed by atoms with van der Waals surface area (Å²) in [4.78, 5) is 4.24. The highest BCUT2D eigenvalue weighted by Gasteiger charge is 2.05. The lowest BCUT2D eigenvalue weighted by atomic mass is 10.2. The van der Waals surface area contributed by atoms with E-state index in [4.69, 9.17) is 0 Å². The van der Waals surface area contributed by atoms with Crippen LogP contribution in [0.4, 0.5) is 5.82 Å². The lowest BCUT2D eigenvalue weighted by molar-refractivity contribution is 0.738. The topological polar surface area (TPSA) is 72.9 Å². The van der Waals surface area contributed by atoms with Gasteiger partial charge in [0.1, 0.15) is 11.6 Å². The van der Waals surface area contributed by atoms with Crippen LogP contribution in [-0.2, 0) is 13.6 Å². The normalized spacial score (nSPS) is 11.1. The number of nitrogens with one attached hydrogen (secondary N) is 1. The van der Waals surface area contributed by atoms with Gasteiger partial charge in [0, 0.05) is 24.8 Å². The summed E-state index contributed by atoms with van der Waals surface area (Å²) in [7, 11) is 1.93. The molecule has 3 rings (SSSR count). The van der Waals surface area contributed by atoms with Crippen LogP contribution < -0.4 is 5.32 Å². The molecule has 0 saturated heterocycles. The first-order chi connectivity index (χ1) is 9.13. The molecule has 7 heteroatoms. The van der Waals surface area contributed by atoms with E-state index in [9.17, 15) is 0 Å². The lowest BCUT2D eigenvalue weighted by Gasteiger charge is -2.04. The minimum atomic E-state index is 0.686. The number of hydrogen-bond donors (Lipinski definition) is 1. The largest absolute Gasteiger partial charge is 0.364 e. The van der Waals surface area contributed by atoms with Crippen LogP contribution in [0, 0.1) is 13.8 Å². The second kappa shape index (κ2) is 4.34. The molecule has 0 unspecified atom stereocenters. The third-order valence-corrected chi connectivity index (χ3v) is 3.11. The standard InChI is InChI=1S/C12H15N7/c1-8-10(7-14-18(8)3)6-13-11-4-5-12-15-9(2)16-19(12)17-11/h4-5,7H,6H2,1-3H3,(H,13,17). The van der Waals surface area contributed by atoms with Gasteiger partial charge in [-0.15, -0.1) is 14.8 Å². The summed E-state index contributed by atoms with van der Waals surface area (Å²) in [5.74, 6) is 1.48. The molecule has 0 bridgehead atoms. The summed E-state index contributed by atoms with van der Waals surface area (Å²) < 4.78 is 3.39. The third kappa shape index (κ3) is 2.14. The Hall–Kier alpha value is -2.44. The van der Waals surface area contributed by atoms with E-state index in [1.807, 2.05) is 43.9 Å². The van der Waals surface area contributed by atoms with Crippen molar-refractivity contribution in [2.24, 2.45) is 7.05 Å². The van der Waals surface area contributed by atoms with E-state index in [1.165, 1.54) is 4.63 Å². The monoisotopic (exact) mass is 257 g/mol. The van der Waals surface area contributed by atoms with E-state index >= 15 is 0 Å². The molecule has 0 fully saturated rings. The number of nitrogens with zero attached hydrogens (tertiary/aromatic N) is 6. The van der Waals surface area contributed by atoms with Crippen molar-refractivity contribution in [3.05, 3.63) is 35.4 Å². The van der Waals surface area contributed by atoms with Gasteiger partial charge in [-0.05, 0) is 26.0 Å². The van der Waals surface area contributed by atoms with Gasteiger partial charge in [0.25, 0.3) is 0 Å². The molecule has 3 heterocycles. The zero-order chi connectivity index (χ0) is 13.4. The highest BCUT2D eigenvalue weighted by molar-refractivity contribution is 5.43. The summed E-state index contributed by atoms with van der Waals surface area (Å²) in [6.45, 7) is 4.58. The van der Waals surface area contributed by atoms with E-state index in [-0.39, 0.29) is 0 Å². The molecule has 7 nitrogen and oxygen atoms in total. The van der Waals surface area contributed by atoms with E-state index in [0.29, 0.717) is 12.4 Å². The molecule has 0 aliphatic carbocycles. The van der Waals surface area contributed by atoms with Crippen molar-refractivity contribution in [1.82, 2.24) is 29.6 Å². The Morgan fingerprint density at radius 2 is 2.05 bits per heavy atom. The maximum absolute atomic E-state index is 4.35. The molecule has 0 aromatic carbocycles. The average Bonchev–Trinajstić information content (AvgIpc) is 2.90. The molecule has 3 aromatic heterocycles. The first kappa shape index (κ1) is 11.6. The zero-order valence-corrected chi connectivity index (χ0v) is 11.1. The number of aromatic nitrogens is 6. The van der Waals surface area contributed by atoms with Crippen LogP contribution in [0.1, 0.15) is 17.1 Å². The van der Waals surface area contributed by atoms with Gasteiger partial charge < -0.3 is 5.32 Å². The van der Waals surface area contributed by atoms with E-state index in [2.05, 4.69) is 25.6 Å². The average molecular weight is 257 g/mol. The molecule has 0 aliphatic rings. The predicted molar refractivity (Wildman–Crippen MR) is 70.8 cm³/mol. The van der Waals surface area contributed by atoms with Crippen LogP contribution in [0.3, 0.4) is 0 Å². The number of fused-ring (bicyclic) bond motifs is 1.